The molecule has 31 heavy (non-hydrogen) atoms. The number of amides is 3. The normalized spacial score (nSPS) is 15.9. The summed E-state index contributed by atoms with van der Waals surface area (Å²) in [5.41, 5.74) is 3.25. The lowest BCUT2D eigenvalue weighted by atomic mass is 10.1. The van der Waals surface area contributed by atoms with Crippen molar-refractivity contribution in [2.45, 2.75) is 39.2 Å². The fourth-order valence-corrected chi connectivity index (χ4v) is 3.64. The molecule has 0 saturated carbocycles. The van der Waals surface area contributed by atoms with Gasteiger partial charge in [0.1, 0.15) is 11.9 Å². The Morgan fingerprint density at radius 2 is 1.97 bits per heavy atom. The summed E-state index contributed by atoms with van der Waals surface area (Å²) in [5, 5.41) is 8.30. The van der Waals surface area contributed by atoms with Gasteiger partial charge >= 0.3 is 0 Å². The van der Waals surface area contributed by atoms with Gasteiger partial charge in [0.15, 0.2) is 0 Å². The number of aromatic nitrogens is 2. The first kappa shape index (κ1) is 20.6. The van der Waals surface area contributed by atoms with Crippen molar-refractivity contribution in [3.63, 3.8) is 0 Å². The highest BCUT2D eigenvalue weighted by molar-refractivity contribution is 6.10. The van der Waals surface area contributed by atoms with Gasteiger partial charge in [-0.05, 0) is 42.7 Å². The standard InChI is InChI=1S/C23H25N5O3/c1-13(2)11-20-25-17-8-7-14(12-19(17)26-20)24-21(29)10-9-18-23(31)27-16-6-4-3-5-15(16)22(30)28-18/h3-8,12-13,18H,9-11H2,1-2H3,(H,24,29)(H,25,26)(H,27,31)(H,28,30)/t18-/m1/s1. The van der Waals surface area contributed by atoms with Gasteiger partial charge in [-0.25, -0.2) is 4.98 Å². The number of benzene rings is 2. The van der Waals surface area contributed by atoms with Crippen molar-refractivity contribution < 1.29 is 14.4 Å². The van der Waals surface area contributed by atoms with Crippen molar-refractivity contribution in [3.05, 3.63) is 53.9 Å². The quantitative estimate of drug-likeness (QED) is 0.491. The number of carbonyl (C=O) groups excluding carboxylic acids is 3. The molecule has 3 amide bonds. The van der Waals surface area contributed by atoms with Crippen LogP contribution in [0.3, 0.4) is 0 Å². The summed E-state index contributed by atoms with van der Waals surface area (Å²) in [7, 11) is 0. The average Bonchev–Trinajstić information content (AvgIpc) is 3.06. The van der Waals surface area contributed by atoms with Crippen LogP contribution in [0.5, 0.6) is 0 Å². The Labute approximate surface area is 179 Å². The molecule has 1 aromatic heterocycles. The SMILES string of the molecule is CC(C)Cc1nc2ccc(NC(=O)CC[C@H]3NC(=O)c4ccccc4NC3=O)cc2[nH]1. The lowest BCUT2D eigenvalue weighted by Crippen LogP contribution is -2.41. The molecular formula is C23H25N5O3. The van der Waals surface area contributed by atoms with E-state index in [0.29, 0.717) is 22.9 Å². The molecule has 4 N–H and O–H groups in total. The monoisotopic (exact) mass is 419 g/mol. The van der Waals surface area contributed by atoms with E-state index >= 15 is 0 Å². The Bertz CT molecular complexity index is 1150. The molecule has 0 unspecified atom stereocenters. The van der Waals surface area contributed by atoms with Crippen molar-refractivity contribution >= 4 is 40.1 Å². The molecule has 8 heteroatoms. The van der Waals surface area contributed by atoms with Crippen LogP contribution in [0.4, 0.5) is 11.4 Å². The molecule has 2 aromatic carbocycles. The molecule has 160 valence electrons. The van der Waals surface area contributed by atoms with Crippen molar-refractivity contribution in [2.75, 3.05) is 10.6 Å². The summed E-state index contributed by atoms with van der Waals surface area (Å²) in [6.45, 7) is 4.27. The first-order valence-electron chi connectivity index (χ1n) is 10.4. The van der Waals surface area contributed by atoms with Gasteiger partial charge in [0.25, 0.3) is 5.91 Å². The van der Waals surface area contributed by atoms with Crippen LogP contribution in [-0.2, 0) is 16.0 Å². The highest BCUT2D eigenvalue weighted by atomic mass is 16.2. The Morgan fingerprint density at radius 1 is 1.16 bits per heavy atom. The van der Waals surface area contributed by atoms with Gasteiger partial charge in [0.2, 0.25) is 11.8 Å². The van der Waals surface area contributed by atoms with E-state index < -0.39 is 6.04 Å². The lowest BCUT2D eigenvalue weighted by Gasteiger charge is -2.14. The number of para-hydroxylation sites is 1. The number of aromatic amines is 1. The second kappa shape index (κ2) is 8.59. The van der Waals surface area contributed by atoms with Crippen molar-refractivity contribution in [2.24, 2.45) is 5.92 Å². The van der Waals surface area contributed by atoms with Crippen LogP contribution in [0, 0.1) is 5.92 Å². The van der Waals surface area contributed by atoms with Gasteiger partial charge in [-0.3, -0.25) is 14.4 Å². The van der Waals surface area contributed by atoms with Crippen LogP contribution in [0.25, 0.3) is 11.0 Å². The maximum atomic E-state index is 12.5. The van der Waals surface area contributed by atoms with Crippen molar-refractivity contribution in [1.29, 1.82) is 0 Å². The van der Waals surface area contributed by atoms with Gasteiger partial charge in [0, 0.05) is 18.5 Å². The number of rotatable bonds is 6. The highest BCUT2D eigenvalue weighted by Gasteiger charge is 2.27. The summed E-state index contributed by atoms with van der Waals surface area (Å²) in [6.07, 6.45) is 1.14. The van der Waals surface area contributed by atoms with Crippen LogP contribution in [-0.4, -0.2) is 33.7 Å². The first-order chi connectivity index (χ1) is 14.9. The third-order valence-electron chi connectivity index (χ3n) is 5.13. The van der Waals surface area contributed by atoms with Crippen molar-refractivity contribution in [1.82, 2.24) is 15.3 Å². The Hall–Kier alpha value is -3.68. The topological polar surface area (TPSA) is 116 Å². The highest BCUT2D eigenvalue weighted by Crippen LogP contribution is 2.21. The number of hydrogen-bond acceptors (Lipinski definition) is 4. The molecule has 4 rings (SSSR count). The maximum Gasteiger partial charge on any atom is 0.254 e. The molecule has 1 aliphatic rings. The van der Waals surface area contributed by atoms with Crippen molar-refractivity contribution in [3.8, 4) is 0 Å². The van der Waals surface area contributed by atoms with Crippen LogP contribution in [0.1, 0.15) is 42.9 Å². The minimum Gasteiger partial charge on any atom is -0.342 e. The predicted molar refractivity (Wildman–Crippen MR) is 119 cm³/mol. The zero-order valence-electron chi connectivity index (χ0n) is 17.5. The largest absolute Gasteiger partial charge is 0.342 e. The second-order valence-electron chi connectivity index (χ2n) is 8.16. The number of nitrogens with one attached hydrogen (secondary N) is 4. The van der Waals surface area contributed by atoms with E-state index in [1.807, 2.05) is 12.1 Å². The van der Waals surface area contributed by atoms with Crippen LogP contribution < -0.4 is 16.0 Å². The molecule has 0 fully saturated rings. The molecule has 0 aliphatic carbocycles. The van der Waals surface area contributed by atoms with E-state index in [1.54, 1.807) is 30.3 Å². The third-order valence-corrected chi connectivity index (χ3v) is 5.13. The number of hydrogen-bond donors (Lipinski definition) is 4. The lowest BCUT2D eigenvalue weighted by molar-refractivity contribution is -0.118. The fraction of sp³-hybridized carbons (Fsp3) is 0.304. The predicted octanol–water partition coefficient (Wildman–Crippen LogP) is 3.23. The first-order valence-corrected chi connectivity index (χ1v) is 10.4. The summed E-state index contributed by atoms with van der Waals surface area (Å²) in [6, 6.07) is 11.6. The molecule has 1 aliphatic heterocycles. The second-order valence-corrected chi connectivity index (χ2v) is 8.16. The Balaban J connectivity index is 1.37. The number of nitrogens with zero attached hydrogens (tertiary/aromatic N) is 1. The van der Waals surface area contributed by atoms with E-state index in [0.717, 1.165) is 23.3 Å². The molecule has 8 nitrogen and oxygen atoms in total. The van der Waals surface area contributed by atoms with Gasteiger partial charge < -0.3 is 20.9 Å². The molecular weight excluding hydrogens is 394 g/mol. The van der Waals surface area contributed by atoms with E-state index in [4.69, 9.17) is 0 Å². The van der Waals surface area contributed by atoms with E-state index in [1.165, 1.54) is 0 Å². The molecule has 1 atom stereocenters. The fourth-order valence-electron chi connectivity index (χ4n) is 3.64. The zero-order valence-corrected chi connectivity index (χ0v) is 17.5. The minimum atomic E-state index is -0.778. The number of imidazole rings is 1. The van der Waals surface area contributed by atoms with Gasteiger partial charge in [0.05, 0.1) is 22.3 Å². The molecule has 0 saturated heterocycles. The molecule has 0 radical (unpaired) electrons. The molecule has 0 spiro atoms. The van der Waals surface area contributed by atoms with Gasteiger partial charge in [-0.2, -0.15) is 0 Å². The van der Waals surface area contributed by atoms with Gasteiger partial charge in [-0.1, -0.05) is 26.0 Å². The van der Waals surface area contributed by atoms with Crippen LogP contribution in [0.2, 0.25) is 0 Å². The van der Waals surface area contributed by atoms with E-state index in [9.17, 15) is 14.4 Å². The zero-order chi connectivity index (χ0) is 22.0. The number of carbonyl (C=O) groups is 3. The Morgan fingerprint density at radius 3 is 2.77 bits per heavy atom. The summed E-state index contributed by atoms with van der Waals surface area (Å²) < 4.78 is 0. The van der Waals surface area contributed by atoms with Gasteiger partial charge in [-0.15, -0.1) is 0 Å². The summed E-state index contributed by atoms with van der Waals surface area (Å²) in [5.74, 6) is 0.521. The number of fused-ring (bicyclic) bond motifs is 2. The number of H-pyrrole nitrogens is 1. The number of anilines is 2. The average molecular weight is 419 g/mol. The minimum absolute atomic E-state index is 0.0916. The smallest absolute Gasteiger partial charge is 0.254 e. The van der Waals surface area contributed by atoms with E-state index in [-0.39, 0.29) is 30.6 Å². The molecule has 2 heterocycles. The van der Waals surface area contributed by atoms with Crippen LogP contribution >= 0.6 is 0 Å². The maximum absolute atomic E-state index is 12.5. The van der Waals surface area contributed by atoms with E-state index in [2.05, 4.69) is 39.8 Å². The summed E-state index contributed by atoms with van der Waals surface area (Å²) >= 11 is 0. The Kier molecular flexibility index (Phi) is 5.70. The molecule has 3 aromatic rings. The summed E-state index contributed by atoms with van der Waals surface area (Å²) in [4.78, 5) is 45.1. The van der Waals surface area contributed by atoms with Crippen LogP contribution in [0.15, 0.2) is 42.5 Å². The third kappa shape index (κ3) is 4.74. The molecule has 0 bridgehead atoms.